The lowest BCUT2D eigenvalue weighted by atomic mass is 10.2. The molecule has 158 valence electrons. The Hall–Kier alpha value is -3.55. The molecular formula is C21H19FN5O3S+. The van der Waals surface area contributed by atoms with E-state index in [1.165, 1.54) is 30.5 Å². The number of sulfonamides is 1. The molecule has 0 unspecified atom stereocenters. The molecule has 0 spiro atoms. The van der Waals surface area contributed by atoms with Crippen molar-refractivity contribution in [3.8, 4) is 11.8 Å². The number of quaternary nitrogens is 1. The fraction of sp³-hybridized carbons (Fsp3) is 0.190. The van der Waals surface area contributed by atoms with Gasteiger partial charge in [-0.15, -0.1) is 0 Å². The summed E-state index contributed by atoms with van der Waals surface area (Å²) >= 11 is 0. The molecule has 8 nitrogen and oxygen atoms in total. The molecule has 2 heterocycles. The van der Waals surface area contributed by atoms with Crippen molar-refractivity contribution in [3.05, 3.63) is 82.5 Å². The third kappa shape index (κ3) is 3.93. The van der Waals surface area contributed by atoms with Gasteiger partial charge in [-0.3, -0.25) is 4.79 Å². The monoisotopic (exact) mass is 440 g/mol. The van der Waals surface area contributed by atoms with Gasteiger partial charge in [-0.1, -0.05) is 18.2 Å². The van der Waals surface area contributed by atoms with Gasteiger partial charge in [0.25, 0.3) is 5.56 Å². The number of hydrogen-bond acceptors (Lipinski definition) is 6. The summed E-state index contributed by atoms with van der Waals surface area (Å²) in [6, 6.07) is 15.4. The molecular weight excluding hydrogens is 421 g/mol. The van der Waals surface area contributed by atoms with E-state index < -0.39 is 21.4 Å². The molecule has 3 aromatic rings. The van der Waals surface area contributed by atoms with Gasteiger partial charge in [-0.2, -0.15) is 23.5 Å². The quantitative estimate of drug-likeness (QED) is 0.628. The molecule has 1 saturated heterocycles. The van der Waals surface area contributed by atoms with Crippen molar-refractivity contribution in [3.63, 3.8) is 0 Å². The van der Waals surface area contributed by atoms with E-state index in [0.717, 1.165) is 4.68 Å². The summed E-state index contributed by atoms with van der Waals surface area (Å²) < 4.78 is 40.3. The largest absolute Gasteiger partial charge is 0.358 e. The maximum absolute atomic E-state index is 13.2. The molecule has 1 aliphatic heterocycles. The van der Waals surface area contributed by atoms with E-state index in [2.05, 4.69) is 5.10 Å². The normalized spacial score (nSPS) is 14.9. The highest BCUT2D eigenvalue weighted by atomic mass is 32.2. The number of halogens is 1. The average molecular weight is 440 g/mol. The van der Waals surface area contributed by atoms with Crippen molar-refractivity contribution in [1.82, 2.24) is 9.78 Å². The maximum atomic E-state index is 13.2. The first-order valence-electron chi connectivity index (χ1n) is 9.60. The van der Waals surface area contributed by atoms with Crippen LogP contribution < -0.4 is 14.8 Å². The lowest BCUT2D eigenvalue weighted by molar-refractivity contribution is -0.768. The standard InChI is InChI=1S/C21H18FN5O3S/c22-16-6-8-17(9-7-16)27-21(28)19(14-23)20(15-24-27)25-10-12-26(13-11-25)31(29,30)18-4-2-1-3-5-18/h1-9,15H,10-13H2/p+1. The third-order valence-corrected chi connectivity index (χ3v) is 7.30. The number of benzene rings is 2. The van der Waals surface area contributed by atoms with Crippen molar-refractivity contribution < 1.29 is 17.1 Å². The second-order valence-electron chi connectivity index (χ2n) is 7.05. The number of hydrogen-bond donors (Lipinski definition) is 1. The molecule has 10 heteroatoms. The number of nitriles is 1. The van der Waals surface area contributed by atoms with Crippen LogP contribution in [0.3, 0.4) is 0 Å². The maximum Gasteiger partial charge on any atom is 0.325 e. The smallest absolute Gasteiger partial charge is 0.325 e. The number of piperazine rings is 1. The van der Waals surface area contributed by atoms with Crippen molar-refractivity contribution in [2.75, 3.05) is 31.1 Å². The van der Waals surface area contributed by atoms with Gasteiger partial charge < -0.3 is 4.90 Å². The molecule has 0 radical (unpaired) electrons. The molecule has 1 aromatic heterocycles. The third-order valence-electron chi connectivity index (χ3n) is 5.24. The van der Waals surface area contributed by atoms with Gasteiger partial charge in [0.1, 0.15) is 35.4 Å². The predicted octanol–water partition coefficient (Wildman–Crippen LogP) is 0.337. The number of nitrogens with zero attached hydrogens (tertiary/aromatic N) is 4. The van der Waals surface area contributed by atoms with Crippen LogP contribution in [0.4, 0.5) is 10.1 Å². The summed E-state index contributed by atoms with van der Waals surface area (Å²) in [4.78, 5) is 14.9. The summed E-state index contributed by atoms with van der Waals surface area (Å²) in [5, 5.41) is 13.7. The fourth-order valence-electron chi connectivity index (χ4n) is 3.59. The van der Waals surface area contributed by atoms with Crippen LogP contribution in [0.1, 0.15) is 5.56 Å². The highest BCUT2D eigenvalue weighted by Crippen LogP contribution is 2.17. The highest BCUT2D eigenvalue weighted by Gasteiger charge is 2.33. The Morgan fingerprint density at radius 1 is 1.03 bits per heavy atom. The van der Waals surface area contributed by atoms with Gasteiger partial charge >= 0.3 is 10.0 Å². The van der Waals surface area contributed by atoms with Crippen LogP contribution in [0.2, 0.25) is 0 Å². The van der Waals surface area contributed by atoms with Gasteiger partial charge in [0.05, 0.1) is 30.7 Å². The summed E-state index contributed by atoms with van der Waals surface area (Å²) in [7, 11) is -3.52. The van der Waals surface area contributed by atoms with E-state index >= 15 is 0 Å². The van der Waals surface area contributed by atoms with E-state index in [9.17, 15) is 22.9 Å². The number of nitrogens with one attached hydrogen (secondary N) is 1. The van der Waals surface area contributed by atoms with E-state index in [-0.39, 0.29) is 10.5 Å². The molecule has 2 aromatic carbocycles. The molecule has 1 aliphatic rings. The van der Waals surface area contributed by atoms with Gasteiger partial charge in [0.15, 0.2) is 0 Å². The van der Waals surface area contributed by atoms with Crippen molar-refractivity contribution in [1.29, 1.82) is 5.26 Å². The molecule has 0 bridgehead atoms. The van der Waals surface area contributed by atoms with Crippen LogP contribution >= 0.6 is 0 Å². The second-order valence-corrected chi connectivity index (χ2v) is 9.11. The zero-order valence-corrected chi connectivity index (χ0v) is 17.2. The topological polar surface area (TPSA) is 100 Å². The van der Waals surface area contributed by atoms with Crippen LogP contribution in [-0.2, 0) is 10.0 Å². The summed E-state index contributed by atoms with van der Waals surface area (Å²) in [5.74, 6) is -0.445. The lowest BCUT2D eigenvalue weighted by Crippen LogP contribution is -3.16. The first-order chi connectivity index (χ1) is 14.9. The van der Waals surface area contributed by atoms with E-state index in [4.69, 9.17) is 0 Å². The number of rotatable bonds is 4. The molecule has 0 amide bonds. The Morgan fingerprint density at radius 2 is 1.68 bits per heavy atom. The highest BCUT2D eigenvalue weighted by molar-refractivity contribution is 7.85. The van der Waals surface area contributed by atoms with Crippen LogP contribution in [0.5, 0.6) is 0 Å². The van der Waals surface area contributed by atoms with Crippen LogP contribution in [0, 0.1) is 17.1 Å². The average Bonchev–Trinajstić information content (AvgIpc) is 2.80. The van der Waals surface area contributed by atoms with Crippen molar-refractivity contribution in [2.45, 2.75) is 4.90 Å². The molecule has 31 heavy (non-hydrogen) atoms. The van der Waals surface area contributed by atoms with Gasteiger partial charge in [-0.25, -0.2) is 8.70 Å². The minimum absolute atomic E-state index is 0.0892. The van der Waals surface area contributed by atoms with E-state index in [0.29, 0.717) is 41.9 Å². The van der Waals surface area contributed by atoms with Crippen LogP contribution in [-0.4, -0.2) is 44.4 Å². The Bertz CT molecular complexity index is 1290. The van der Waals surface area contributed by atoms with Crippen molar-refractivity contribution in [2.24, 2.45) is 0 Å². The Labute approximate surface area is 178 Å². The first-order valence-corrected chi connectivity index (χ1v) is 11.1. The van der Waals surface area contributed by atoms with Gasteiger partial charge in [-0.05, 0) is 36.4 Å². The molecule has 0 aliphatic carbocycles. The SMILES string of the molecule is N#Cc1c(N2CC[NH+](S(=O)(=O)c3ccccc3)CC2)cnn(-c2ccc(F)cc2)c1=O. The van der Waals surface area contributed by atoms with Crippen LogP contribution in [0.25, 0.3) is 5.69 Å². The minimum atomic E-state index is -3.52. The van der Waals surface area contributed by atoms with E-state index in [1.54, 1.807) is 35.2 Å². The Balaban J connectivity index is 1.58. The summed E-state index contributed by atoms with van der Waals surface area (Å²) in [6.45, 7) is 1.28. The number of aromatic nitrogens is 2. The molecule has 1 N–H and O–H groups in total. The Kier molecular flexibility index (Phi) is 5.54. The number of anilines is 1. The molecule has 0 saturated carbocycles. The van der Waals surface area contributed by atoms with Gasteiger partial charge in [0.2, 0.25) is 0 Å². The minimum Gasteiger partial charge on any atom is -0.358 e. The summed E-state index contributed by atoms with van der Waals surface area (Å²) in [6.07, 6.45) is 1.42. The van der Waals surface area contributed by atoms with Crippen molar-refractivity contribution >= 4 is 15.7 Å². The Morgan fingerprint density at radius 3 is 2.29 bits per heavy atom. The van der Waals surface area contributed by atoms with E-state index in [1.807, 2.05) is 6.07 Å². The fourth-order valence-corrected chi connectivity index (χ4v) is 5.16. The second kappa shape index (κ2) is 8.29. The molecule has 4 rings (SSSR count). The predicted molar refractivity (Wildman–Crippen MR) is 111 cm³/mol. The summed E-state index contributed by atoms with van der Waals surface area (Å²) in [5.41, 5.74) is 0.00618. The lowest BCUT2D eigenvalue weighted by Gasteiger charge is -2.32. The zero-order chi connectivity index (χ0) is 22.0. The molecule has 1 fully saturated rings. The zero-order valence-electron chi connectivity index (χ0n) is 16.4. The van der Waals surface area contributed by atoms with Gasteiger partial charge in [0, 0.05) is 0 Å². The van der Waals surface area contributed by atoms with Crippen LogP contribution in [0.15, 0.2) is 70.5 Å². The first kappa shape index (κ1) is 20.7. The molecule has 0 atom stereocenters.